The van der Waals surface area contributed by atoms with Crippen LogP contribution in [0.3, 0.4) is 0 Å². The molecule has 1 aromatic carbocycles. The number of rotatable bonds is 4. The summed E-state index contributed by atoms with van der Waals surface area (Å²) in [6.07, 6.45) is 2.87. The van der Waals surface area contributed by atoms with Gasteiger partial charge < -0.3 is 10.1 Å². The number of nitrogens with one attached hydrogen (secondary N) is 1. The minimum absolute atomic E-state index is 0.289. The van der Waals surface area contributed by atoms with Gasteiger partial charge in [-0.25, -0.2) is 0 Å². The van der Waals surface area contributed by atoms with Gasteiger partial charge in [0.15, 0.2) is 0 Å². The first-order valence-corrected chi connectivity index (χ1v) is 6.69. The Balaban J connectivity index is 1.96. The molecule has 3 rings (SSSR count). The number of pyridine rings is 1. The van der Waals surface area contributed by atoms with E-state index < -0.39 is 0 Å². The lowest BCUT2D eigenvalue weighted by Gasteiger charge is -2.17. The Bertz CT molecular complexity index is 554. The van der Waals surface area contributed by atoms with Gasteiger partial charge in [0.1, 0.15) is 5.75 Å². The fourth-order valence-electron chi connectivity index (χ4n) is 2.60. The van der Waals surface area contributed by atoms with E-state index in [4.69, 9.17) is 4.74 Å². The van der Waals surface area contributed by atoms with Crippen LogP contribution in [0.25, 0.3) is 0 Å². The van der Waals surface area contributed by atoms with Crippen molar-refractivity contribution in [1.29, 1.82) is 0 Å². The maximum absolute atomic E-state index is 5.57. The molecule has 1 aliphatic heterocycles. The van der Waals surface area contributed by atoms with Gasteiger partial charge in [0.25, 0.3) is 0 Å². The number of hydrogen-bond donors (Lipinski definition) is 1. The van der Waals surface area contributed by atoms with E-state index in [2.05, 4.69) is 34.6 Å². The third-order valence-electron chi connectivity index (χ3n) is 3.57. The second-order valence-corrected chi connectivity index (χ2v) is 4.83. The van der Waals surface area contributed by atoms with Gasteiger partial charge in [0.05, 0.1) is 6.61 Å². The second kappa shape index (κ2) is 5.41. The number of nitrogens with zero attached hydrogens (tertiary/aromatic N) is 1. The average molecular weight is 254 g/mol. The zero-order valence-electron chi connectivity index (χ0n) is 11.1. The Labute approximate surface area is 113 Å². The molecule has 3 nitrogen and oxygen atoms in total. The van der Waals surface area contributed by atoms with Gasteiger partial charge in [-0.3, -0.25) is 4.98 Å². The van der Waals surface area contributed by atoms with E-state index in [0.717, 1.165) is 31.0 Å². The van der Waals surface area contributed by atoms with E-state index in [1.54, 1.807) is 0 Å². The molecule has 1 aliphatic rings. The van der Waals surface area contributed by atoms with E-state index >= 15 is 0 Å². The van der Waals surface area contributed by atoms with Crippen LogP contribution in [0.2, 0.25) is 0 Å². The van der Waals surface area contributed by atoms with Crippen LogP contribution in [0.1, 0.15) is 22.7 Å². The monoisotopic (exact) mass is 254 g/mol. The molecule has 0 fully saturated rings. The third-order valence-corrected chi connectivity index (χ3v) is 3.57. The summed E-state index contributed by atoms with van der Waals surface area (Å²) in [6.45, 7) is 1.69. The maximum Gasteiger partial charge on any atom is 0.122 e. The highest BCUT2D eigenvalue weighted by molar-refractivity contribution is 5.42. The molecule has 2 heterocycles. The van der Waals surface area contributed by atoms with E-state index in [1.165, 1.54) is 11.1 Å². The van der Waals surface area contributed by atoms with E-state index in [1.807, 2.05) is 25.4 Å². The lowest BCUT2D eigenvalue weighted by molar-refractivity contribution is 0.357. The van der Waals surface area contributed by atoms with Gasteiger partial charge in [-0.1, -0.05) is 18.2 Å². The summed E-state index contributed by atoms with van der Waals surface area (Å²) in [5.74, 6) is 1.32. The molecule has 0 amide bonds. The number of ether oxygens (including phenoxy) is 1. The SMILES string of the molecule is CNCC(c1ccc2c(c1)CCO2)c1ccccn1. The van der Waals surface area contributed by atoms with Gasteiger partial charge >= 0.3 is 0 Å². The summed E-state index contributed by atoms with van der Waals surface area (Å²) in [5.41, 5.74) is 3.72. The summed E-state index contributed by atoms with van der Waals surface area (Å²) < 4.78 is 5.57. The van der Waals surface area contributed by atoms with Crippen molar-refractivity contribution in [3.63, 3.8) is 0 Å². The Hall–Kier alpha value is -1.87. The van der Waals surface area contributed by atoms with Crippen LogP contribution in [0.4, 0.5) is 0 Å². The van der Waals surface area contributed by atoms with Gasteiger partial charge in [0.2, 0.25) is 0 Å². The molecule has 0 spiro atoms. The lowest BCUT2D eigenvalue weighted by Crippen LogP contribution is -2.19. The van der Waals surface area contributed by atoms with Crippen molar-refractivity contribution in [2.45, 2.75) is 12.3 Å². The Morgan fingerprint density at radius 2 is 2.26 bits per heavy atom. The topological polar surface area (TPSA) is 34.1 Å². The molecule has 0 saturated carbocycles. The smallest absolute Gasteiger partial charge is 0.122 e. The molecule has 1 atom stereocenters. The summed E-state index contributed by atoms with van der Waals surface area (Å²) >= 11 is 0. The number of hydrogen-bond acceptors (Lipinski definition) is 3. The van der Waals surface area contributed by atoms with Crippen LogP contribution >= 0.6 is 0 Å². The van der Waals surface area contributed by atoms with Crippen LogP contribution in [0, 0.1) is 0 Å². The lowest BCUT2D eigenvalue weighted by atomic mass is 9.93. The van der Waals surface area contributed by atoms with Crippen molar-refractivity contribution >= 4 is 0 Å². The first-order valence-electron chi connectivity index (χ1n) is 6.69. The van der Waals surface area contributed by atoms with Crippen molar-refractivity contribution in [2.24, 2.45) is 0 Å². The first kappa shape index (κ1) is 12.2. The fourth-order valence-corrected chi connectivity index (χ4v) is 2.60. The van der Waals surface area contributed by atoms with Crippen LogP contribution in [0.5, 0.6) is 5.75 Å². The number of aromatic nitrogens is 1. The largest absolute Gasteiger partial charge is 0.493 e. The van der Waals surface area contributed by atoms with Crippen LogP contribution in [0.15, 0.2) is 42.6 Å². The Morgan fingerprint density at radius 1 is 1.32 bits per heavy atom. The van der Waals surface area contributed by atoms with E-state index in [-0.39, 0.29) is 5.92 Å². The molecule has 19 heavy (non-hydrogen) atoms. The van der Waals surface area contributed by atoms with Gasteiger partial charge in [0, 0.05) is 30.8 Å². The van der Waals surface area contributed by atoms with Gasteiger partial charge in [-0.2, -0.15) is 0 Å². The van der Waals surface area contributed by atoms with Crippen LogP contribution < -0.4 is 10.1 Å². The molecule has 0 radical (unpaired) electrons. The number of benzene rings is 1. The molecular formula is C16H18N2O. The van der Waals surface area contributed by atoms with Crippen LogP contribution in [-0.2, 0) is 6.42 Å². The molecule has 98 valence electrons. The summed E-state index contributed by atoms with van der Waals surface area (Å²) in [5, 5.41) is 3.26. The van der Waals surface area contributed by atoms with Crippen molar-refractivity contribution in [3.05, 3.63) is 59.4 Å². The molecular weight excluding hydrogens is 236 g/mol. The highest BCUT2D eigenvalue weighted by atomic mass is 16.5. The normalized spacial score (nSPS) is 14.8. The van der Waals surface area contributed by atoms with E-state index in [9.17, 15) is 0 Å². The predicted octanol–water partition coefficient (Wildman–Crippen LogP) is 2.37. The molecule has 0 aliphatic carbocycles. The van der Waals surface area contributed by atoms with Crippen molar-refractivity contribution in [2.75, 3.05) is 20.2 Å². The minimum atomic E-state index is 0.289. The number of fused-ring (bicyclic) bond motifs is 1. The molecule has 0 bridgehead atoms. The summed E-state index contributed by atoms with van der Waals surface area (Å²) in [7, 11) is 1.98. The molecule has 1 N–H and O–H groups in total. The fraction of sp³-hybridized carbons (Fsp3) is 0.312. The molecule has 0 saturated heterocycles. The minimum Gasteiger partial charge on any atom is -0.493 e. The zero-order chi connectivity index (χ0) is 13.1. The Kier molecular flexibility index (Phi) is 3.47. The van der Waals surface area contributed by atoms with Gasteiger partial charge in [-0.05, 0) is 36.4 Å². The van der Waals surface area contributed by atoms with Crippen molar-refractivity contribution < 1.29 is 4.74 Å². The van der Waals surface area contributed by atoms with Crippen molar-refractivity contribution in [3.8, 4) is 5.75 Å². The van der Waals surface area contributed by atoms with E-state index in [0.29, 0.717) is 0 Å². The number of likely N-dealkylation sites (N-methyl/N-ethyl adjacent to an activating group) is 1. The molecule has 3 heteroatoms. The molecule has 1 unspecified atom stereocenters. The molecule has 2 aromatic rings. The third kappa shape index (κ3) is 2.47. The highest BCUT2D eigenvalue weighted by Gasteiger charge is 2.18. The summed E-state index contributed by atoms with van der Waals surface area (Å²) in [4.78, 5) is 4.50. The van der Waals surface area contributed by atoms with Crippen LogP contribution in [-0.4, -0.2) is 25.2 Å². The Morgan fingerprint density at radius 3 is 3.05 bits per heavy atom. The second-order valence-electron chi connectivity index (χ2n) is 4.83. The maximum atomic E-state index is 5.57. The first-order chi connectivity index (χ1) is 9.38. The predicted molar refractivity (Wildman–Crippen MR) is 75.6 cm³/mol. The quantitative estimate of drug-likeness (QED) is 0.909. The molecule has 1 aromatic heterocycles. The highest BCUT2D eigenvalue weighted by Crippen LogP contribution is 2.30. The standard InChI is InChI=1S/C16H18N2O/c1-17-11-14(15-4-2-3-8-18-15)12-5-6-16-13(10-12)7-9-19-16/h2-6,8,10,14,17H,7,9,11H2,1H3. The van der Waals surface area contributed by atoms with Crippen molar-refractivity contribution in [1.82, 2.24) is 10.3 Å². The average Bonchev–Trinajstić information content (AvgIpc) is 2.93. The zero-order valence-corrected chi connectivity index (χ0v) is 11.1. The van der Waals surface area contributed by atoms with Gasteiger partial charge in [-0.15, -0.1) is 0 Å². The summed E-state index contributed by atoms with van der Waals surface area (Å²) in [6, 6.07) is 12.6.